The Morgan fingerprint density at radius 1 is 1.14 bits per heavy atom. The molecule has 1 fully saturated rings. The Morgan fingerprint density at radius 3 is 2.39 bits per heavy atom. The van der Waals surface area contributed by atoms with Crippen LogP contribution in [0.4, 0.5) is 8.78 Å². The van der Waals surface area contributed by atoms with E-state index in [4.69, 9.17) is 21.1 Å². The predicted molar refractivity (Wildman–Crippen MR) is 131 cm³/mol. The molecule has 2 N–H and O–H groups in total. The van der Waals surface area contributed by atoms with E-state index in [1.54, 1.807) is 0 Å². The number of rotatable bonds is 6. The van der Waals surface area contributed by atoms with Gasteiger partial charge in [-0.3, -0.25) is 0 Å². The van der Waals surface area contributed by atoms with Gasteiger partial charge in [-0.05, 0) is 25.2 Å². The van der Waals surface area contributed by atoms with Crippen LogP contribution >= 0.6 is 11.6 Å². The minimum atomic E-state index is -2.65. The Morgan fingerprint density at radius 2 is 1.81 bits per heavy atom. The number of halogens is 3. The maximum absolute atomic E-state index is 13.4. The van der Waals surface area contributed by atoms with Crippen molar-refractivity contribution in [3.05, 3.63) is 88.1 Å². The lowest BCUT2D eigenvalue weighted by Gasteiger charge is -2.41. The summed E-state index contributed by atoms with van der Waals surface area (Å²) in [6.07, 6.45) is -3.97. The van der Waals surface area contributed by atoms with Crippen molar-refractivity contribution in [2.45, 2.75) is 29.6 Å². The molecule has 0 saturated heterocycles. The molecule has 1 aliphatic carbocycles. The second-order valence-corrected chi connectivity index (χ2v) is 10.0. The van der Waals surface area contributed by atoms with Crippen LogP contribution < -0.4 is 9.47 Å². The van der Waals surface area contributed by atoms with Gasteiger partial charge >= 0.3 is 0 Å². The lowest BCUT2D eigenvalue weighted by molar-refractivity contribution is -0.152. The topological polar surface area (TPSA) is 75.0 Å². The third-order valence-electron chi connectivity index (χ3n) is 7.36. The van der Waals surface area contributed by atoms with Crippen molar-refractivity contribution in [1.29, 1.82) is 0 Å². The first-order valence-corrected chi connectivity index (χ1v) is 12.0. The molecule has 1 aromatic heterocycles. The number of alkyl halides is 2. The molecule has 1 saturated carbocycles. The number of benzene rings is 2. The Kier molecular flexibility index (Phi) is 6.19. The Bertz CT molecular complexity index is 1260. The van der Waals surface area contributed by atoms with Gasteiger partial charge in [0.05, 0.1) is 18.8 Å². The van der Waals surface area contributed by atoms with Gasteiger partial charge in [0.25, 0.3) is 6.43 Å². The molecule has 9 heteroatoms. The minimum Gasteiger partial charge on any atom is -0.481 e. The largest absolute Gasteiger partial charge is 0.481 e. The molecule has 2 heterocycles. The Hall–Kier alpha value is -2.78. The van der Waals surface area contributed by atoms with Gasteiger partial charge in [0.15, 0.2) is 11.2 Å². The molecule has 5 atom stereocenters. The van der Waals surface area contributed by atoms with Gasteiger partial charge in [-0.1, -0.05) is 66.2 Å². The maximum Gasteiger partial charge on any atom is 0.263 e. The summed E-state index contributed by atoms with van der Waals surface area (Å²) in [4.78, 5) is 6.16. The van der Waals surface area contributed by atoms with Crippen LogP contribution in [0, 0.1) is 5.92 Å². The lowest BCUT2D eigenvalue weighted by Crippen LogP contribution is -2.52. The minimum absolute atomic E-state index is 0.0300. The number of aromatic nitrogens is 1. The molecule has 2 aromatic carbocycles. The molecule has 190 valence electrons. The van der Waals surface area contributed by atoms with Gasteiger partial charge in [0.2, 0.25) is 5.88 Å². The first kappa shape index (κ1) is 24.9. The van der Waals surface area contributed by atoms with Crippen LogP contribution in [0.3, 0.4) is 0 Å². The summed E-state index contributed by atoms with van der Waals surface area (Å²) in [6.45, 7) is 0.419. The van der Waals surface area contributed by atoms with Gasteiger partial charge in [-0.2, -0.15) is 0 Å². The van der Waals surface area contributed by atoms with Crippen LogP contribution in [0.5, 0.6) is 11.6 Å². The summed E-state index contributed by atoms with van der Waals surface area (Å²) in [7, 11) is 5.16. The molecule has 1 aliphatic heterocycles. The van der Waals surface area contributed by atoms with Crippen molar-refractivity contribution in [3.63, 3.8) is 0 Å². The van der Waals surface area contributed by atoms with E-state index < -0.39 is 35.6 Å². The molecule has 5 rings (SSSR count). The van der Waals surface area contributed by atoms with Crippen molar-refractivity contribution < 1.29 is 28.5 Å². The fourth-order valence-corrected chi connectivity index (χ4v) is 6.23. The van der Waals surface area contributed by atoms with Crippen LogP contribution in [0.25, 0.3) is 0 Å². The standard InChI is InChI=1S/C27H27ClF2N2O4/c1-32(2)14-18-21(15-7-5-4-6-8-15)27(17-11-9-16(10-12-17)24(29)30)26(34,23(18)33)22-19(36-27)13-20(28)31-25(22)35-3/h4-13,18,21,23-24,33-34H,14H2,1-3H3. The number of nitrogens with zero attached hydrogens (tertiary/aromatic N) is 2. The first-order chi connectivity index (χ1) is 17.1. The highest BCUT2D eigenvalue weighted by atomic mass is 35.5. The van der Waals surface area contributed by atoms with E-state index in [-0.39, 0.29) is 27.9 Å². The fraction of sp³-hybridized carbons (Fsp3) is 0.370. The summed E-state index contributed by atoms with van der Waals surface area (Å²) < 4.78 is 39.0. The number of fused-ring (bicyclic) bond motifs is 3. The molecule has 5 unspecified atom stereocenters. The molecule has 3 aromatic rings. The van der Waals surface area contributed by atoms with E-state index in [0.717, 1.165) is 5.56 Å². The van der Waals surface area contributed by atoms with Crippen LogP contribution in [0.1, 0.15) is 34.6 Å². The van der Waals surface area contributed by atoms with Crippen molar-refractivity contribution in [2.75, 3.05) is 27.7 Å². The van der Waals surface area contributed by atoms with Gasteiger partial charge < -0.3 is 24.6 Å². The number of methoxy groups -OCH3 is 1. The zero-order chi connectivity index (χ0) is 25.8. The van der Waals surface area contributed by atoms with Crippen LogP contribution in [-0.2, 0) is 11.2 Å². The fourth-order valence-electron chi connectivity index (χ4n) is 6.05. The van der Waals surface area contributed by atoms with E-state index >= 15 is 0 Å². The third-order valence-corrected chi connectivity index (χ3v) is 7.55. The van der Waals surface area contributed by atoms with Crippen LogP contribution in [-0.4, -0.2) is 54.0 Å². The molecule has 0 radical (unpaired) electrons. The van der Waals surface area contributed by atoms with Crippen LogP contribution in [0.15, 0.2) is 60.7 Å². The number of hydrogen-bond acceptors (Lipinski definition) is 6. The van der Waals surface area contributed by atoms with Gasteiger partial charge in [0, 0.05) is 30.0 Å². The van der Waals surface area contributed by atoms with Gasteiger partial charge in [-0.15, -0.1) is 0 Å². The SMILES string of the molecule is COc1nc(Cl)cc2c1C1(O)C(O)C(CN(C)C)C(c3ccccc3)C1(c1ccc(C(F)F)cc1)O2. The highest BCUT2D eigenvalue weighted by Gasteiger charge is 2.76. The van der Waals surface area contributed by atoms with Gasteiger partial charge in [-0.25, -0.2) is 13.8 Å². The molecule has 0 spiro atoms. The second kappa shape index (κ2) is 8.95. The smallest absolute Gasteiger partial charge is 0.263 e. The summed E-state index contributed by atoms with van der Waals surface area (Å²) in [5.41, 5.74) is -2.32. The highest BCUT2D eigenvalue weighted by molar-refractivity contribution is 6.29. The normalized spacial score (nSPS) is 28.8. The molecule has 0 amide bonds. The van der Waals surface area contributed by atoms with Crippen molar-refractivity contribution >= 4 is 11.6 Å². The Labute approximate surface area is 213 Å². The van der Waals surface area contributed by atoms with Crippen LogP contribution in [0.2, 0.25) is 5.15 Å². The number of pyridine rings is 1. The maximum atomic E-state index is 13.4. The molecule has 36 heavy (non-hydrogen) atoms. The lowest BCUT2D eigenvalue weighted by atomic mass is 9.70. The number of hydrogen-bond donors (Lipinski definition) is 2. The zero-order valence-electron chi connectivity index (χ0n) is 20.0. The predicted octanol–water partition coefficient (Wildman–Crippen LogP) is 4.49. The van der Waals surface area contributed by atoms with E-state index in [2.05, 4.69) is 4.98 Å². The van der Waals surface area contributed by atoms with E-state index in [1.165, 1.54) is 37.4 Å². The summed E-state index contributed by atoms with van der Waals surface area (Å²) in [5.74, 6) is -0.830. The van der Waals surface area contributed by atoms with E-state index in [0.29, 0.717) is 12.1 Å². The molecular weight excluding hydrogens is 490 g/mol. The Balaban J connectivity index is 1.85. The summed E-state index contributed by atoms with van der Waals surface area (Å²) >= 11 is 6.24. The average Bonchev–Trinajstić information content (AvgIpc) is 3.21. The molecular formula is C27H27ClF2N2O4. The van der Waals surface area contributed by atoms with Crippen molar-refractivity contribution in [1.82, 2.24) is 9.88 Å². The zero-order valence-corrected chi connectivity index (χ0v) is 20.8. The van der Waals surface area contributed by atoms with Crippen molar-refractivity contribution in [3.8, 4) is 11.6 Å². The van der Waals surface area contributed by atoms with Gasteiger partial charge in [0.1, 0.15) is 10.9 Å². The first-order valence-electron chi connectivity index (χ1n) is 11.6. The van der Waals surface area contributed by atoms with E-state index in [9.17, 15) is 19.0 Å². The van der Waals surface area contributed by atoms with Crippen molar-refractivity contribution in [2.24, 2.45) is 5.92 Å². The number of aliphatic hydroxyl groups excluding tert-OH is 1. The number of aliphatic hydroxyl groups is 2. The highest BCUT2D eigenvalue weighted by Crippen LogP contribution is 2.69. The molecule has 2 aliphatic rings. The summed E-state index contributed by atoms with van der Waals surface area (Å²) in [5, 5.41) is 24.6. The second-order valence-electron chi connectivity index (χ2n) is 9.61. The quantitative estimate of drug-likeness (QED) is 0.470. The number of ether oxygens (including phenoxy) is 2. The summed E-state index contributed by atoms with van der Waals surface area (Å²) in [6, 6.07) is 16.6. The third kappa shape index (κ3) is 3.43. The molecule has 0 bridgehead atoms. The average molecular weight is 517 g/mol. The monoisotopic (exact) mass is 516 g/mol. The van der Waals surface area contributed by atoms with E-state index in [1.807, 2.05) is 49.3 Å². The molecule has 6 nitrogen and oxygen atoms in total.